The predicted octanol–water partition coefficient (Wildman–Crippen LogP) is 2.04. The van der Waals surface area contributed by atoms with Crippen LogP contribution >= 0.6 is 0 Å². The first kappa shape index (κ1) is 15.3. The van der Waals surface area contributed by atoms with Crippen molar-refractivity contribution in [3.63, 3.8) is 0 Å². The van der Waals surface area contributed by atoms with E-state index in [4.69, 9.17) is 10.5 Å². The van der Waals surface area contributed by atoms with Gasteiger partial charge in [0.25, 0.3) is 0 Å². The van der Waals surface area contributed by atoms with Gasteiger partial charge in [0.15, 0.2) is 0 Å². The van der Waals surface area contributed by atoms with E-state index in [0.717, 1.165) is 16.9 Å². The number of rotatable bonds is 5. The molecular formula is C16H21N3O2. The summed E-state index contributed by atoms with van der Waals surface area (Å²) in [6.45, 7) is 6.26. The lowest BCUT2D eigenvalue weighted by molar-refractivity contribution is 0.242. The molecule has 0 saturated heterocycles. The second kappa shape index (κ2) is 6.54. The highest BCUT2D eigenvalue weighted by Crippen LogP contribution is 2.18. The van der Waals surface area contributed by atoms with Crippen molar-refractivity contribution in [1.82, 2.24) is 9.55 Å². The average Bonchev–Trinajstić information content (AvgIpc) is 2.43. The van der Waals surface area contributed by atoms with E-state index < -0.39 is 0 Å². The van der Waals surface area contributed by atoms with E-state index in [2.05, 4.69) is 4.98 Å². The summed E-state index contributed by atoms with van der Waals surface area (Å²) in [6.07, 6.45) is 3.47. The van der Waals surface area contributed by atoms with Crippen molar-refractivity contribution in [1.29, 1.82) is 0 Å². The van der Waals surface area contributed by atoms with Crippen LogP contribution in [0.25, 0.3) is 0 Å². The number of nitrogens with two attached hydrogens (primary N) is 1. The van der Waals surface area contributed by atoms with Crippen molar-refractivity contribution < 1.29 is 4.74 Å². The first-order valence-corrected chi connectivity index (χ1v) is 7.01. The summed E-state index contributed by atoms with van der Waals surface area (Å²) in [7, 11) is 0. The van der Waals surface area contributed by atoms with E-state index in [1.165, 1.54) is 0 Å². The first-order valence-electron chi connectivity index (χ1n) is 7.01. The number of aromatic nitrogens is 2. The summed E-state index contributed by atoms with van der Waals surface area (Å²) in [6, 6.07) is 7.38. The maximum Gasteiger partial charge on any atom is 0.347 e. The molecule has 5 heteroatoms. The third-order valence-corrected chi connectivity index (χ3v) is 3.06. The van der Waals surface area contributed by atoms with Crippen LogP contribution in [0.5, 0.6) is 5.75 Å². The predicted molar refractivity (Wildman–Crippen MR) is 82.4 cm³/mol. The third kappa shape index (κ3) is 4.16. The molecule has 0 spiro atoms. The lowest BCUT2D eigenvalue weighted by Gasteiger charge is -2.15. The standard InChI is InChI=1S/C16H21N3O2/c1-11(2)21-14-6-4-13(5-7-14)15(17)10-19-9-12(3)8-18-16(19)20/h4-9,11,15H,10,17H2,1-3H3. The Kier molecular flexibility index (Phi) is 4.75. The topological polar surface area (TPSA) is 70.1 Å². The molecular weight excluding hydrogens is 266 g/mol. The quantitative estimate of drug-likeness (QED) is 0.913. The number of nitrogens with zero attached hydrogens (tertiary/aromatic N) is 2. The number of aryl methyl sites for hydroxylation is 1. The number of hydrogen-bond acceptors (Lipinski definition) is 4. The van der Waals surface area contributed by atoms with Crippen molar-refractivity contribution in [2.24, 2.45) is 5.73 Å². The summed E-state index contributed by atoms with van der Waals surface area (Å²) in [4.78, 5) is 15.5. The molecule has 0 aliphatic rings. The zero-order valence-electron chi connectivity index (χ0n) is 12.6. The monoisotopic (exact) mass is 287 g/mol. The Morgan fingerprint density at radius 3 is 2.57 bits per heavy atom. The highest BCUT2D eigenvalue weighted by Gasteiger charge is 2.09. The van der Waals surface area contributed by atoms with Gasteiger partial charge in [-0.15, -0.1) is 0 Å². The van der Waals surface area contributed by atoms with Gasteiger partial charge in [-0.1, -0.05) is 12.1 Å². The maximum absolute atomic E-state index is 11.7. The van der Waals surface area contributed by atoms with Gasteiger partial charge in [-0.3, -0.25) is 4.57 Å². The van der Waals surface area contributed by atoms with E-state index in [1.54, 1.807) is 17.0 Å². The van der Waals surface area contributed by atoms with Gasteiger partial charge in [-0.2, -0.15) is 0 Å². The van der Waals surface area contributed by atoms with Crippen molar-refractivity contribution in [2.75, 3.05) is 0 Å². The number of hydrogen-bond donors (Lipinski definition) is 1. The Balaban J connectivity index is 2.11. The maximum atomic E-state index is 11.7. The zero-order chi connectivity index (χ0) is 15.4. The van der Waals surface area contributed by atoms with Crippen LogP contribution < -0.4 is 16.2 Å². The number of ether oxygens (including phenoxy) is 1. The van der Waals surface area contributed by atoms with E-state index in [9.17, 15) is 4.79 Å². The fourth-order valence-electron chi connectivity index (χ4n) is 2.08. The normalized spacial score (nSPS) is 12.4. The molecule has 0 fully saturated rings. The van der Waals surface area contributed by atoms with Gasteiger partial charge in [0.2, 0.25) is 0 Å². The van der Waals surface area contributed by atoms with Gasteiger partial charge >= 0.3 is 5.69 Å². The Morgan fingerprint density at radius 1 is 1.29 bits per heavy atom. The van der Waals surface area contributed by atoms with Gasteiger partial charge in [0, 0.05) is 25.0 Å². The van der Waals surface area contributed by atoms with Gasteiger partial charge in [0.05, 0.1) is 6.10 Å². The lowest BCUT2D eigenvalue weighted by atomic mass is 10.1. The highest BCUT2D eigenvalue weighted by molar-refractivity contribution is 5.29. The summed E-state index contributed by atoms with van der Waals surface area (Å²) in [5, 5.41) is 0. The Bertz CT molecular complexity index is 647. The van der Waals surface area contributed by atoms with Crippen molar-refractivity contribution in [2.45, 2.75) is 39.5 Å². The first-order chi connectivity index (χ1) is 9.95. The van der Waals surface area contributed by atoms with Crippen LogP contribution in [0.15, 0.2) is 41.5 Å². The van der Waals surface area contributed by atoms with Gasteiger partial charge < -0.3 is 10.5 Å². The molecule has 0 bridgehead atoms. The Morgan fingerprint density at radius 2 is 1.95 bits per heavy atom. The molecule has 1 atom stereocenters. The van der Waals surface area contributed by atoms with Crippen LogP contribution in [0, 0.1) is 6.92 Å². The SMILES string of the molecule is Cc1cnc(=O)n(CC(N)c2ccc(OC(C)C)cc2)c1. The van der Waals surface area contributed by atoms with Crippen LogP contribution in [0.3, 0.4) is 0 Å². The van der Waals surface area contributed by atoms with Crippen LogP contribution in [0.4, 0.5) is 0 Å². The Labute approximate surface area is 124 Å². The molecule has 0 radical (unpaired) electrons. The largest absolute Gasteiger partial charge is 0.491 e. The molecule has 2 aromatic rings. The van der Waals surface area contributed by atoms with E-state index in [0.29, 0.717) is 6.54 Å². The van der Waals surface area contributed by atoms with Crippen LogP contribution in [-0.4, -0.2) is 15.7 Å². The van der Waals surface area contributed by atoms with Crippen LogP contribution in [0.1, 0.15) is 31.0 Å². The van der Waals surface area contributed by atoms with Gasteiger partial charge in [0.1, 0.15) is 5.75 Å². The van der Waals surface area contributed by atoms with E-state index in [1.807, 2.05) is 45.0 Å². The second-order valence-electron chi connectivity index (χ2n) is 5.41. The van der Waals surface area contributed by atoms with E-state index in [-0.39, 0.29) is 17.8 Å². The number of benzene rings is 1. The molecule has 5 nitrogen and oxygen atoms in total. The molecule has 1 aromatic carbocycles. The molecule has 2 rings (SSSR count). The van der Waals surface area contributed by atoms with Crippen molar-refractivity contribution in [3.8, 4) is 5.75 Å². The molecule has 112 valence electrons. The fourth-order valence-corrected chi connectivity index (χ4v) is 2.08. The fraction of sp³-hybridized carbons (Fsp3) is 0.375. The minimum Gasteiger partial charge on any atom is -0.491 e. The summed E-state index contributed by atoms with van der Waals surface area (Å²) in [5.74, 6) is 0.815. The lowest BCUT2D eigenvalue weighted by Crippen LogP contribution is -2.28. The molecule has 1 heterocycles. The van der Waals surface area contributed by atoms with Gasteiger partial charge in [-0.05, 0) is 44.0 Å². The third-order valence-electron chi connectivity index (χ3n) is 3.06. The smallest absolute Gasteiger partial charge is 0.347 e. The molecule has 0 amide bonds. The summed E-state index contributed by atoms with van der Waals surface area (Å²) in [5.41, 5.74) is 7.78. The zero-order valence-corrected chi connectivity index (χ0v) is 12.6. The minimum absolute atomic E-state index is 0.140. The van der Waals surface area contributed by atoms with Crippen molar-refractivity contribution in [3.05, 3.63) is 58.3 Å². The molecule has 21 heavy (non-hydrogen) atoms. The highest BCUT2D eigenvalue weighted by atomic mass is 16.5. The van der Waals surface area contributed by atoms with E-state index >= 15 is 0 Å². The molecule has 0 aliphatic carbocycles. The minimum atomic E-state index is -0.282. The summed E-state index contributed by atoms with van der Waals surface area (Å²) >= 11 is 0. The molecule has 0 saturated carbocycles. The average molecular weight is 287 g/mol. The van der Waals surface area contributed by atoms with Crippen LogP contribution in [-0.2, 0) is 6.54 Å². The molecule has 1 unspecified atom stereocenters. The molecule has 0 aliphatic heterocycles. The van der Waals surface area contributed by atoms with Crippen molar-refractivity contribution >= 4 is 0 Å². The molecule has 2 N–H and O–H groups in total. The second-order valence-corrected chi connectivity index (χ2v) is 5.41. The van der Waals surface area contributed by atoms with Gasteiger partial charge in [-0.25, -0.2) is 9.78 Å². The summed E-state index contributed by atoms with van der Waals surface area (Å²) < 4.78 is 7.14. The molecule has 1 aromatic heterocycles. The Hall–Kier alpha value is -2.14. The van der Waals surface area contributed by atoms with Crippen LogP contribution in [0.2, 0.25) is 0 Å².